The zero-order valence-electron chi connectivity index (χ0n) is 13.6. The molecule has 124 valence electrons. The lowest BCUT2D eigenvalue weighted by molar-refractivity contribution is -0.120. The second-order valence-electron chi connectivity index (χ2n) is 5.75. The molecule has 3 aromatic rings. The van der Waals surface area contributed by atoms with E-state index >= 15 is 0 Å². The summed E-state index contributed by atoms with van der Waals surface area (Å²) in [6.45, 7) is 4.44. The quantitative estimate of drug-likeness (QED) is 0.748. The Morgan fingerprint density at radius 2 is 2.04 bits per heavy atom. The van der Waals surface area contributed by atoms with E-state index in [0.717, 1.165) is 22.0 Å². The lowest BCUT2D eigenvalue weighted by atomic mass is 10.2. The van der Waals surface area contributed by atoms with Crippen LogP contribution >= 0.6 is 11.3 Å². The highest BCUT2D eigenvalue weighted by Gasteiger charge is 2.10. The van der Waals surface area contributed by atoms with Gasteiger partial charge in [0, 0.05) is 17.0 Å². The number of aromatic nitrogens is 4. The minimum Gasteiger partial charge on any atom is -0.350 e. The highest BCUT2D eigenvalue weighted by molar-refractivity contribution is 7.13. The van der Waals surface area contributed by atoms with Crippen LogP contribution in [0.25, 0.3) is 10.6 Å². The second-order valence-corrected chi connectivity index (χ2v) is 6.61. The third-order valence-corrected chi connectivity index (χ3v) is 4.41. The van der Waals surface area contributed by atoms with Crippen molar-refractivity contribution in [2.45, 2.75) is 32.9 Å². The van der Waals surface area contributed by atoms with Gasteiger partial charge in [-0.15, -0.1) is 16.4 Å². The fourth-order valence-electron chi connectivity index (χ4n) is 2.16. The number of hydrogen-bond acceptors (Lipinski definition) is 5. The van der Waals surface area contributed by atoms with Gasteiger partial charge in [0.1, 0.15) is 10.7 Å². The predicted octanol–water partition coefficient (Wildman–Crippen LogP) is 2.84. The lowest BCUT2D eigenvalue weighted by Gasteiger charge is -2.02. The summed E-state index contributed by atoms with van der Waals surface area (Å²) in [5.74, 6) is -0.0704. The predicted molar refractivity (Wildman–Crippen MR) is 93.5 cm³/mol. The average Bonchev–Trinajstić information content (AvgIpc) is 3.23. The van der Waals surface area contributed by atoms with Gasteiger partial charge in [-0.25, -0.2) is 9.67 Å². The van der Waals surface area contributed by atoms with Crippen molar-refractivity contribution in [3.05, 3.63) is 53.3 Å². The monoisotopic (exact) mass is 341 g/mol. The van der Waals surface area contributed by atoms with Crippen LogP contribution in [0, 0.1) is 0 Å². The molecule has 0 aliphatic rings. The minimum absolute atomic E-state index is 0.0704. The Balaban J connectivity index is 1.54. The number of benzene rings is 1. The third kappa shape index (κ3) is 4.05. The van der Waals surface area contributed by atoms with Gasteiger partial charge >= 0.3 is 0 Å². The number of nitrogens with one attached hydrogen (secondary N) is 1. The van der Waals surface area contributed by atoms with Gasteiger partial charge in [-0.1, -0.05) is 35.5 Å². The van der Waals surface area contributed by atoms with Crippen molar-refractivity contribution in [3.63, 3.8) is 0 Å². The second kappa shape index (κ2) is 7.35. The average molecular weight is 341 g/mol. The molecule has 6 nitrogen and oxygen atoms in total. The molecule has 2 aromatic heterocycles. The standard InChI is InChI=1S/C17H19N5OS/c1-12(2)22-10-15(20-21-22)9-18-16(23)8-14-11-24-17(19-14)13-6-4-3-5-7-13/h3-7,10-12H,8-9H2,1-2H3,(H,18,23). The van der Waals surface area contributed by atoms with Crippen LogP contribution in [0.5, 0.6) is 0 Å². The van der Waals surface area contributed by atoms with Crippen molar-refractivity contribution >= 4 is 17.2 Å². The molecule has 0 fully saturated rings. The molecule has 3 rings (SSSR count). The van der Waals surface area contributed by atoms with Crippen molar-refractivity contribution in [2.75, 3.05) is 0 Å². The van der Waals surface area contributed by atoms with Crippen molar-refractivity contribution < 1.29 is 4.79 Å². The summed E-state index contributed by atoms with van der Waals surface area (Å²) < 4.78 is 1.77. The normalized spacial score (nSPS) is 11.0. The van der Waals surface area contributed by atoms with Crippen LogP contribution in [0.2, 0.25) is 0 Å². The Bertz CT molecular complexity index is 809. The molecule has 0 aliphatic carbocycles. The van der Waals surface area contributed by atoms with Gasteiger partial charge in [-0.3, -0.25) is 4.79 Å². The molecule has 24 heavy (non-hydrogen) atoms. The smallest absolute Gasteiger partial charge is 0.226 e. The van der Waals surface area contributed by atoms with Crippen LogP contribution in [0.15, 0.2) is 41.9 Å². The molecule has 1 N–H and O–H groups in total. The van der Waals surface area contributed by atoms with E-state index in [-0.39, 0.29) is 18.4 Å². The summed E-state index contributed by atoms with van der Waals surface area (Å²) in [4.78, 5) is 16.6. The van der Waals surface area contributed by atoms with Gasteiger partial charge in [-0.05, 0) is 13.8 Å². The molecule has 0 aliphatic heterocycles. The fraction of sp³-hybridized carbons (Fsp3) is 0.294. The molecule has 0 unspecified atom stereocenters. The molecule has 0 saturated heterocycles. The fourth-order valence-corrected chi connectivity index (χ4v) is 2.99. The topological polar surface area (TPSA) is 72.7 Å². The Labute approximate surface area is 144 Å². The maximum atomic E-state index is 12.1. The number of rotatable bonds is 6. The number of nitrogens with zero attached hydrogens (tertiary/aromatic N) is 4. The maximum absolute atomic E-state index is 12.1. The third-order valence-electron chi connectivity index (χ3n) is 3.47. The summed E-state index contributed by atoms with van der Waals surface area (Å²) >= 11 is 1.55. The van der Waals surface area contributed by atoms with Gasteiger partial charge in [0.25, 0.3) is 0 Å². The first-order valence-corrected chi connectivity index (χ1v) is 8.67. The first-order valence-electron chi connectivity index (χ1n) is 7.79. The first-order chi connectivity index (χ1) is 11.6. The molecule has 1 amide bonds. The van der Waals surface area contributed by atoms with Gasteiger partial charge < -0.3 is 5.32 Å². The van der Waals surface area contributed by atoms with E-state index in [2.05, 4.69) is 20.6 Å². The summed E-state index contributed by atoms with van der Waals surface area (Å²) in [5.41, 5.74) is 2.60. The summed E-state index contributed by atoms with van der Waals surface area (Å²) in [7, 11) is 0. The highest BCUT2D eigenvalue weighted by Crippen LogP contribution is 2.23. The Morgan fingerprint density at radius 1 is 1.25 bits per heavy atom. The van der Waals surface area contributed by atoms with E-state index in [0.29, 0.717) is 6.54 Å². The van der Waals surface area contributed by atoms with Crippen molar-refractivity contribution in [1.82, 2.24) is 25.3 Å². The highest BCUT2D eigenvalue weighted by atomic mass is 32.1. The molecule has 1 aromatic carbocycles. The molecule has 0 radical (unpaired) electrons. The van der Waals surface area contributed by atoms with Crippen LogP contribution in [0.1, 0.15) is 31.3 Å². The number of amides is 1. The number of carbonyl (C=O) groups excluding carboxylic acids is 1. The summed E-state index contributed by atoms with van der Waals surface area (Å²) in [6.07, 6.45) is 2.11. The zero-order valence-corrected chi connectivity index (χ0v) is 14.5. The van der Waals surface area contributed by atoms with Crippen molar-refractivity contribution in [2.24, 2.45) is 0 Å². The van der Waals surface area contributed by atoms with Crippen LogP contribution in [0.4, 0.5) is 0 Å². The van der Waals surface area contributed by atoms with E-state index in [1.54, 1.807) is 16.0 Å². The summed E-state index contributed by atoms with van der Waals surface area (Å²) in [5, 5.41) is 13.8. The molecule has 0 atom stereocenters. The van der Waals surface area contributed by atoms with E-state index in [1.807, 2.05) is 55.8 Å². The van der Waals surface area contributed by atoms with Gasteiger partial charge in [-0.2, -0.15) is 0 Å². The van der Waals surface area contributed by atoms with E-state index in [1.165, 1.54) is 0 Å². The lowest BCUT2D eigenvalue weighted by Crippen LogP contribution is -2.24. The molecular formula is C17H19N5OS. The molecular weight excluding hydrogens is 322 g/mol. The Hall–Kier alpha value is -2.54. The van der Waals surface area contributed by atoms with Crippen LogP contribution in [-0.2, 0) is 17.8 Å². The summed E-state index contributed by atoms with van der Waals surface area (Å²) in [6, 6.07) is 10.2. The van der Waals surface area contributed by atoms with Crippen LogP contribution < -0.4 is 5.32 Å². The number of carbonyl (C=O) groups is 1. The SMILES string of the molecule is CC(C)n1cc(CNC(=O)Cc2csc(-c3ccccc3)n2)nn1. The van der Waals surface area contributed by atoms with Gasteiger partial charge in [0.15, 0.2) is 0 Å². The van der Waals surface area contributed by atoms with E-state index in [9.17, 15) is 4.79 Å². The van der Waals surface area contributed by atoms with Crippen molar-refractivity contribution in [1.29, 1.82) is 0 Å². The van der Waals surface area contributed by atoms with Gasteiger partial charge in [0.2, 0.25) is 5.91 Å². The Morgan fingerprint density at radius 3 is 2.75 bits per heavy atom. The zero-order chi connectivity index (χ0) is 16.9. The maximum Gasteiger partial charge on any atom is 0.226 e. The number of thiazole rings is 1. The molecule has 0 bridgehead atoms. The largest absolute Gasteiger partial charge is 0.350 e. The first kappa shape index (κ1) is 16.3. The van der Waals surface area contributed by atoms with Crippen molar-refractivity contribution in [3.8, 4) is 10.6 Å². The number of hydrogen-bond donors (Lipinski definition) is 1. The molecule has 7 heteroatoms. The molecule has 0 saturated carbocycles. The molecule has 0 spiro atoms. The van der Waals surface area contributed by atoms with Gasteiger partial charge in [0.05, 0.1) is 24.9 Å². The molecule has 2 heterocycles. The van der Waals surface area contributed by atoms with E-state index in [4.69, 9.17) is 0 Å². The van der Waals surface area contributed by atoms with Crippen LogP contribution in [0.3, 0.4) is 0 Å². The van der Waals surface area contributed by atoms with Crippen LogP contribution in [-0.4, -0.2) is 25.9 Å². The Kier molecular flexibility index (Phi) is 5.00. The minimum atomic E-state index is -0.0704. The van der Waals surface area contributed by atoms with E-state index < -0.39 is 0 Å².